The third-order valence-electron chi connectivity index (χ3n) is 4.75. The van der Waals surface area contributed by atoms with Crippen molar-refractivity contribution in [3.63, 3.8) is 0 Å². The number of hydrogen-bond donors (Lipinski definition) is 2. The lowest BCUT2D eigenvalue weighted by molar-refractivity contribution is 0.589. The molecule has 0 aliphatic rings. The van der Waals surface area contributed by atoms with Gasteiger partial charge in [-0.15, -0.1) is 11.3 Å². The molecule has 0 aliphatic carbocycles. The Labute approximate surface area is 163 Å². The van der Waals surface area contributed by atoms with Gasteiger partial charge in [-0.1, -0.05) is 12.1 Å². The van der Waals surface area contributed by atoms with E-state index in [-0.39, 0.29) is 5.56 Å². The van der Waals surface area contributed by atoms with Gasteiger partial charge in [-0.3, -0.25) is 0 Å². The van der Waals surface area contributed by atoms with Gasteiger partial charge in [0.2, 0.25) is 0 Å². The number of aromatic amines is 2. The van der Waals surface area contributed by atoms with Crippen molar-refractivity contribution in [1.82, 2.24) is 15.0 Å². The SMILES string of the molecule is Cc1sc(-c2ccc[nH]2)nc1-c1ccc2[nH]c(-c3c(F)cccc3F)cc2c1. The van der Waals surface area contributed by atoms with Crippen molar-refractivity contribution in [2.45, 2.75) is 6.92 Å². The lowest BCUT2D eigenvalue weighted by Gasteiger charge is -2.01. The van der Waals surface area contributed by atoms with Crippen LogP contribution >= 0.6 is 11.3 Å². The fourth-order valence-corrected chi connectivity index (χ4v) is 4.34. The zero-order chi connectivity index (χ0) is 19.3. The summed E-state index contributed by atoms with van der Waals surface area (Å²) in [5.41, 5.74) is 4.07. The Morgan fingerprint density at radius 2 is 1.75 bits per heavy atom. The Balaban J connectivity index is 1.60. The van der Waals surface area contributed by atoms with E-state index in [2.05, 4.69) is 9.97 Å². The number of rotatable bonds is 3. The smallest absolute Gasteiger partial charge is 0.140 e. The number of H-pyrrole nitrogens is 2. The van der Waals surface area contributed by atoms with Gasteiger partial charge >= 0.3 is 0 Å². The zero-order valence-electron chi connectivity index (χ0n) is 14.9. The summed E-state index contributed by atoms with van der Waals surface area (Å²) in [6.45, 7) is 2.04. The highest BCUT2D eigenvalue weighted by Crippen LogP contribution is 2.35. The van der Waals surface area contributed by atoms with Crippen LogP contribution in [-0.2, 0) is 0 Å². The minimum atomic E-state index is -0.585. The average Bonchev–Trinajstić information content (AvgIpc) is 3.40. The summed E-state index contributed by atoms with van der Waals surface area (Å²) >= 11 is 1.63. The van der Waals surface area contributed by atoms with Gasteiger partial charge in [0.25, 0.3) is 0 Å². The van der Waals surface area contributed by atoms with Crippen LogP contribution < -0.4 is 0 Å². The van der Waals surface area contributed by atoms with Crippen LogP contribution in [0.1, 0.15) is 4.88 Å². The van der Waals surface area contributed by atoms with E-state index in [9.17, 15) is 8.78 Å². The van der Waals surface area contributed by atoms with Crippen LogP contribution in [0.5, 0.6) is 0 Å². The molecule has 3 nitrogen and oxygen atoms in total. The molecule has 2 N–H and O–H groups in total. The number of nitrogens with one attached hydrogen (secondary N) is 2. The van der Waals surface area contributed by atoms with Crippen LogP contribution in [0, 0.1) is 18.6 Å². The van der Waals surface area contributed by atoms with Crippen LogP contribution in [0.4, 0.5) is 8.78 Å². The molecule has 0 amide bonds. The van der Waals surface area contributed by atoms with E-state index in [1.54, 1.807) is 17.4 Å². The van der Waals surface area contributed by atoms with Crippen LogP contribution in [0.15, 0.2) is 60.8 Å². The molecule has 0 fully saturated rings. The fraction of sp³-hybridized carbons (Fsp3) is 0.0455. The Kier molecular flexibility index (Phi) is 3.87. The van der Waals surface area contributed by atoms with Gasteiger partial charge in [0, 0.05) is 27.5 Å². The topological polar surface area (TPSA) is 44.5 Å². The Morgan fingerprint density at radius 1 is 0.929 bits per heavy atom. The summed E-state index contributed by atoms with van der Waals surface area (Å²) in [7, 11) is 0. The number of aromatic nitrogens is 3. The second-order valence-electron chi connectivity index (χ2n) is 6.59. The molecule has 0 unspecified atom stereocenters. The van der Waals surface area contributed by atoms with Crippen molar-refractivity contribution in [3.05, 3.63) is 77.3 Å². The van der Waals surface area contributed by atoms with Gasteiger partial charge < -0.3 is 9.97 Å². The first-order chi connectivity index (χ1) is 13.6. The van der Waals surface area contributed by atoms with Gasteiger partial charge in [0.15, 0.2) is 0 Å². The Bertz CT molecular complexity index is 1280. The molecule has 0 aliphatic heterocycles. The maximum absolute atomic E-state index is 14.1. The Hall–Kier alpha value is -3.25. The summed E-state index contributed by atoms with van der Waals surface area (Å²) in [5, 5.41) is 1.81. The van der Waals surface area contributed by atoms with E-state index >= 15 is 0 Å². The largest absolute Gasteiger partial charge is 0.359 e. The van der Waals surface area contributed by atoms with E-state index in [1.807, 2.05) is 43.5 Å². The summed E-state index contributed by atoms with van der Waals surface area (Å²) in [4.78, 5) is 12.2. The number of halogens is 2. The first kappa shape index (κ1) is 16.9. The third kappa shape index (κ3) is 2.73. The quantitative estimate of drug-likeness (QED) is 0.360. The molecule has 0 radical (unpaired) electrons. The molecule has 0 saturated heterocycles. The van der Waals surface area contributed by atoms with Gasteiger partial charge in [0.05, 0.1) is 22.6 Å². The van der Waals surface area contributed by atoms with Gasteiger partial charge in [-0.05, 0) is 49.4 Å². The number of hydrogen-bond acceptors (Lipinski definition) is 2. The second kappa shape index (κ2) is 6.42. The van der Waals surface area contributed by atoms with Crippen molar-refractivity contribution in [2.75, 3.05) is 0 Å². The van der Waals surface area contributed by atoms with Gasteiger partial charge in [-0.25, -0.2) is 13.8 Å². The van der Waals surface area contributed by atoms with Gasteiger partial charge in [0.1, 0.15) is 16.6 Å². The lowest BCUT2D eigenvalue weighted by Crippen LogP contribution is -1.89. The summed E-state index contributed by atoms with van der Waals surface area (Å²) in [6, 6.07) is 15.5. The van der Waals surface area contributed by atoms with E-state index in [1.165, 1.54) is 18.2 Å². The predicted octanol–water partition coefficient (Wildman–Crippen LogP) is 6.54. The molecular weight excluding hydrogens is 376 g/mol. The normalized spacial score (nSPS) is 11.4. The molecule has 0 spiro atoms. The number of benzene rings is 2. The average molecular weight is 391 g/mol. The zero-order valence-corrected chi connectivity index (χ0v) is 15.7. The molecule has 0 saturated carbocycles. The first-order valence-corrected chi connectivity index (χ1v) is 9.60. The molecule has 6 heteroatoms. The van der Waals surface area contributed by atoms with Crippen molar-refractivity contribution < 1.29 is 8.78 Å². The molecule has 3 aromatic heterocycles. The third-order valence-corrected chi connectivity index (χ3v) is 5.76. The van der Waals surface area contributed by atoms with Crippen molar-refractivity contribution in [2.24, 2.45) is 0 Å². The molecule has 5 rings (SSSR count). The first-order valence-electron chi connectivity index (χ1n) is 8.79. The standard InChI is InChI=1S/C22H15F2N3S/c1-12-21(27-22(28-12)18-6-3-9-25-18)13-7-8-17-14(10-13)11-19(26-17)20-15(23)4-2-5-16(20)24/h2-11,25-26H,1H3. The fourth-order valence-electron chi connectivity index (χ4n) is 3.41. The number of thiazole rings is 1. The highest BCUT2D eigenvalue weighted by Gasteiger charge is 2.15. The van der Waals surface area contributed by atoms with Crippen LogP contribution in [-0.4, -0.2) is 15.0 Å². The van der Waals surface area contributed by atoms with E-state index in [4.69, 9.17) is 4.98 Å². The van der Waals surface area contributed by atoms with Crippen molar-refractivity contribution in [3.8, 4) is 33.2 Å². The van der Waals surface area contributed by atoms with Crippen molar-refractivity contribution in [1.29, 1.82) is 0 Å². The molecule has 2 aromatic carbocycles. The molecule has 0 bridgehead atoms. The number of aryl methyl sites for hydroxylation is 1. The molecular formula is C22H15F2N3S. The minimum absolute atomic E-state index is 0.0425. The highest BCUT2D eigenvalue weighted by molar-refractivity contribution is 7.15. The van der Waals surface area contributed by atoms with Crippen molar-refractivity contribution >= 4 is 22.2 Å². The van der Waals surface area contributed by atoms with E-state index < -0.39 is 11.6 Å². The van der Waals surface area contributed by atoms with Gasteiger partial charge in [-0.2, -0.15) is 0 Å². The molecule has 28 heavy (non-hydrogen) atoms. The maximum atomic E-state index is 14.1. The summed E-state index contributed by atoms with van der Waals surface area (Å²) < 4.78 is 28.3. The monoisotopic (exact) mass is 391 g/mol. The molecule has 5 aromatic rings. The molecule has 138 valence electrons. The Morgan fingerprint density at radius 3 is 2.50 bits per heavy atom. The van der Waals surface area contributed by atoms with Crippen LogP contribution in [0.3, 0.4) is 0 Å². The molecule has 3 heterocycles. The highest BCUT2D eigenvalue weighted by atomic mass is 32.1. The predicted molar refractivity (Wildman–Crippen MR) is 109 cm³/mol. The maximum Gasteiger partial charge on any atom is 0.140 e. The lowest BCUT2D eigenvalue weighted by atomic mass is 10.1. The van der Waals surface area contributed by atoms with E-state index in [0.29, 0.717) is 5.69 Å². The van der Waals surface area contributed by atoms with E-state index in [0.717, 1.165) is 37.7 Å². The number of fused-ring (bicyclic) bond motifs is 1. The molecule has 0 atom stereocenters. The van der Waals surface area contributed by atoms with Crippen LogP contribution in [0.2, 0.25) is 0 Å². The minimum Gasteiger partial charge on any atom is -0.359 e. The van der Waals surface area contributed by atoms with Crippen LogP contribution in [0.25, 0.3) is 44.1 Å². The number of nitrogens with zero attached hydrogens (tertiary/aromatic N) is 1. The second-order valence-corrected chi connectivity index (χ2v) is 7.79. The summed E-state index contributed by atoms with van der Waals surface area (Å²) in [5.74, 6) is -1.17. The summed E-state index contributed by atoms with van der Waals surface area (Å²) in [6.07, 6.45) is 1.88.